The number of benzene rings is 1. The third-order valence-corrected chi connectivity index (χ3v) is 6.01. The number of nitrogens with one attached hydrogen (secondary N) is 3. The van der Waals surface area contributed by atoms with Gasteiger partial charge in [-0.05, 0) is 80.1 Å². The fourth-order valence-corrected chi connectivity index (χ4v) is 4.07. The zero-order chi connectivity index (χ0) is 21.8. The average Bonchev–Trinajstić information content (AvgIpc) is 3.21. The van der Waals surface area contributed by atoms with Gasteiger partial charge in [-0.1, -0.05) is 0 Å². The first kappa shape index (κ1) is 21.6. The Bertz CT molecular complexity index is 1040. The summed E-state index contributed by atoms with van der Waals surface area (Å²) in [7, 11) is 2.16. The molecule has 3 N–H and O–H groups in total. The summed E-state index contributed by atoms with van der Waals surface area (Å²) in [6.45, 7) is 4.64. The number of fused-ring (bicyclic) bond motifs is 1. The molecule has 164 valence electrons. The SMILES string of the molecule is CCNC(=O)COc1ccc(-c2nc3c(NC4CCN(C)CC4)c(Br)cnc3[nH]2)cc1. The number of likely N-dealkylation sites (tertiary alicyclic amines) is 1. The molecule has 0 bridgehead atoms. The maximum atomic E-state index is 11.6. The number of nitrogens with zero attached hydrogens (tertiary/aromatic N) is 3. The van der Waals surface area contributed by atoms with E-state index in [1.54, 1.807) is 6.20 Å². The zero-order valence-corrected chi connectivity index (χ0v) is 19.3. The fraction of sp³-hybridized carbons (Fsp3) is 0.409. The van der Waals surface area contributed by atoms with E-state index >= 15 is 0 Å². The van der Waals surface area contributed by atoms with Crippen LogP contribution in [0.25, 0.3) is 22.6 Å². The number of piperidine rings is 1. The van der Waals surface area contributed by atoms with Crippen molar-refractivity contribution < 1.29 is 9.53 Å². The van der Waals surface area contributed by atoms with Gasteiger partial charge in [-0.25, -0.2) is 9.97 Å². The van der Waals surface area contributed by atoms with Gasteiger partial charge in [-0.15, -0.1) is 0 Å². The molecule has 3 heterocycles. The smallest absolute Gasteiger partial charge is 0.257 e. The van der Waals surface area contributed by atoms with Crippen LogP contribution in [0.2, 0.25) is 0 Å². The quantitative estimate of drug-likeness (QED) is 0.473. The molecule has 9 heteroatoms. The number of aromatic amines is 1. The molecular weight excluding hydrogens is 460 g/mol. The maximum absolute atomic E-state index is 11.6. The summed E-state index contributed by atoms with van der Waals surface area (Å²) in [5, 5.41) is 6.38. The molecule has 0 aliphatic carbocycles. The summed E-state index contributed by atoms with van der Waals surface area (Å²) in [5.74, 6) is 1.24. The summed E-state index contributed by atoms with van der Waals surface area (Å²) in [4.78, 5) is 26.5. The lowest BCUT2D eigenvalue weighted by atomic mass is 10.1. The van der Waals surface area contributed by atoms with Gasteiger partial charge < -0.3 is 25.3 Å². The van der Waals surface area contributed by atoms with Gasteiger partial charge >= 0.3 is 0 Å². The number of hydrogen-bond donors (Lipinski definition) is 3. The van der Waals surface area contributed by atoms with E-state index < -0.39 is 0 Å². The van der Waals surface area contributed by atoms with Crippen LogP contribution >= 0.6 is 15.9 Å². The van der Waals surface area contributed by atoms with E-state index in [1.807, 2.05) is 31.2 Å². The van der Waals surface area contributed by atoms with Gasteiger partial charge in [-0.3, -0.25) is 4.79 Å². The van der Waals surface area contributed by atoms with Gasteiger partial charge in [0, 0.05) is 24.3 Å². The molecule has 0 radical (unpaired) electrons. The highest BCUT2D eigenvalue weighted by Crippen LogP contribution is 2.32. The third kappa shape index (κ3) is 5.16. The number of imidazole rings is 1. The number of likely N-dealkylation sites (N-methyl/N-ethyl adjacent to an activating group) is 1. The van der Waals surface area contributed by atoms with Gasteiger partial charge in [0.2, 0.25) is 0 Å². The fourth-order valence-electron chi connectivity index (χ4n) is 3.67. The van der Waals surface area contributed by atoms with E-state index in [0.717, 1.165) is 58.6 Å². The molecule has 1 amide bonds. The molecule has 2 aromatic heterocycles. The Morgan fingerprint density at radius 3 is 2.74 bits per heavy atom. The van der Waals surface area contributed by atoms with Gasteiger partial charge in [0.25, 0.3) is 5.91 Å². The van der Waals surface area contributed by atoms with Crippen LogP contribution in [0, 0.1) is 0 Å². The number of anilines is 1. The monoisotopic (exact) mass is 486 g/mol. The zero-order valence-electron chi connectivity index (χ0n) is 17.7. The molecule has 8 nitrogen and oxygen atoms in total. The van der Waals surface area contributed by atoms with Gasteiger partial charge in [0.15, 0.2) is 12.3 Å². The number of rotatable bonds is 7. The van der Waals surface area contributed by atoms with Crippen molar-refractivity contribution in [2.45, 2.75) is 25.8 Å². The highest BCUT2D eigenvalue weighted by molar-refractivity contribution is 9.10. The topological polar surface area (TPSA) is 95.2 Å². The second kappa shape index (κ2) is 9.65. The first-order valence-corrected chi connectivity index (χ1v) is 11.3. The lowest BCUT2D eigenvalue weighted by molar-refractivity contribution is -0.122. The van der Waals surface area contributed by atoms with Crippen LogP contribution in [0.4, 0.5) is 5.69 Å². The largest absolute Gasteiger partial charge is 0.484 e. The average molecular weight is 487 g/mol. The summed E-state index contributed by atoms with van der Waals surface area (Å²) >= 11 is 3.63. The van der Waals surface area contributed by atoms with E-state index in [1.165, 1.54) is 0 Å². The van der Waals surface area contributed by atoms with Gasteiger partial charge in [-0.2, -0.15) is 0 Å². The van der Waals surface area contributed by atoms with Crippen LogP contribution in [0.1, 0.15) is 19.8 Å². The first-order chi connectivity index (χ1) is 15.0. The number of aromatic nitrogens is 3. The Morgan fingerprint density at radius 1 is 1.29 bits per heavy atom. The van der Waals surface area contributed by atoms with Crippen molar-refractivity contribution in [1.29, 1.82) is 0 Å². The Balaban J connectivity index is 1.52. The molecule has 1 aliphatic heterocycles. The minimum atomic E-state index is -0.134. The number of amides is 1. The molecule has 31 heavy (non-hydrogen) atoms. The molecule has 1 fully saturated rings. The lowest BCUT2D eigenvalue weighted by Gasteiger charge is -2.30. The summed E-state index contributed by atoms with van der Waals surface area (Å²) < 4.78 is 6.43. The Labute approximate surface area is 189 Å². The number of H-pyrrole nitrogens is 1. The lowest BCUT2D eigenvalue weighted by Crippen LogP contribution is -2.36. The highest BCUT2D eigenvalue weighted by Gasteiger charge is 2.20. The van der Waals surface area contributed by atoms with E-state index in [9.17, 15) is 4.79 Å². The van der Waals surface area contributed by atoms with Crippen molar-refractivity contribution in [3.8, 4) is 17.1 Å². The number of hydrogen-bond acceptors (Lipinski definition) is 6. The predicted molar refractivity (Wildman–Crippen MR) is 125 cm³/mol. The van der Waals surface area contributed by atoms with E-state index in [-0.39, 0.29) is 12.5 Å². The van der Waals surface area contributed by atoms with Crippen molar-refractivity contribution in [1.82, 2.24) is 25.2 Å². The molecule has 0 unspecified atom stereocenters. The minimum absolute atomic E-state index is 0.00174. The second-order valence-corrected chi connectivity index (χ2v) is 8.61. The minimum Gasteiger partial charge on any atom is -0.484 e. The standard InChI is InChI=1S/C22H27BrN6O2/c1-3-24-18(30)13-31-16-6-4-14(5-7-16)21-27-20-19(17(23)12-25-22(20)28-21)26-15-8-10-29(2)11-9-15/h4-7,12,15H,3,8-11,13H2,1-2H3,(H,24,30)(H2,25,26,27,28). The Kier molecular flexibility index (Phi) is 6.72. The van der Waals surface area contributed by atoms with Crippen molar-refractivity contribution >= 4 is 38.7 Å². The molecule has 0 spiro atoms. The van der Waals surface area contributed by atoms with Crippen molar-refractivity contribution in [3.63, 3.8) is 0 Å². The molecule has 4 rings (SSSR count). The van der Waals surface area contributed by atoms with Crippen LogP contribution in [-0.2, 0) is 4.79 Å². The van der Waals surface area contributed by atoms with Gasteiger partial charge in [0.05, 0.1) is 10.2 Å². The number of halogens is 1. The van der Waals surface area contributed by atoms with Crippen LogP contribution in [-0.4, -0.2) is 65.1 Å². The summed E-state index contributed by atoms with van der Waals surface area (Å²) in [6, 6.07) is 7.93. The first-order valence-electron chi connectivity index (χ1n) is 10.5. The van der Waals surface area contributed by atoms with Crippen molar-refractivity contribution in [3.05, 3.63) is 34.9 Å². The van der Waals surface area contributed by atoms with Crippen molar-refractivity contribution in [2.24, 2.45) is 0 Å². The highest BCUT2D eigenvalue weighted by atomic mass is 79.9. The summed E-state index contributed by atoms with van der Waals surface area (Å²) in [6.07, 6.45) is 4.00. The predicted octanol–water partition coefficient (Wildman–Crippen LogP) is 3.41. The number of pyridine rings is 1. The van der Waals surface area contributed by atoms with E-state index in [4.69, 9.17) is 9.72 Å². The number of carbonyl (C=O) groups is 1. The van der Waals surface area contributed by atoms with Gasteiger partial charge in [0.1, 0.15) is 17.1 Å². The molecule has 3 aromatic rings. The number of carbonyl (C=O) groups excluding carboxylic acids is 1. The molecule has 0 saturated carbocycles. The van der Waals surface area contributed by atoms with E-state index in [0.29, 0.717) is 18.3 Å². The normalized spacial score (nSPS) is 15.2. The molecule has 1 aliphatic rings. The van der Waals surface area contributed by atoms with E-state index in [2.05, 4.69) is 48.5 Å². The Hall–Kier alpha value is -2.65. The second-order valence-electron chi connectivity index (χ2n) is 7.75. The van der Waals surface area contributed by atoms with Crippen LogP contribution in [0.3, 0.4) is 0 Å². The van der Waals surface area contributed by atoms with Crippen LogP contribution < -0.4 is 15.4 Å². The molecule has 1 aromatic carbocycles. The molecule has 0 atom stereocenters. The molecule has 1 saturated heterocycles. The van der Waals surface area contributed by atoms with Crippen molar-refractivity contribution in [2.75, 3.05) is 38.6 Å². The third-order valence-electron chi connectivity index (χ3n) is 5.41. The Morgan fingerprint density at radius 2 is 2.03 bits per heavy atom. The molecular formula is C22H27BrN6O2. The summed E-state index contributed by atoms with van der Waals surface area (Å²) in [5.41, 5.74) is 3.46. The van der Waals surface area contributed by atoms with Crippen LogP contribution in [0.5, 0.6) is 5.75 Å². The van der Waals surface area contributed by atoms with Crippen LogP contribution in [0.15, 0.2) is 34.9 Å². The maximum Gasteiger partial charge on any atom is 0.257 e. The number of ether oxygens (including phenoxy) is 1.